The Morgan fingerprint density at radius 3 is 2.84 bits per heavy atom. The molecule has 10 heteroatoms. The van der Waals surface area contributed by atoms with E-state index in [2.05, 4.69) is 20.5 Å². The smallest absolute Gasteiger partial charge is 0.239 e. The van der Waals surface area contributed by atoms with Crippen LogP contribution in [0, 0.1) is 11.6 Å². The summed E-state index contributed by atoms with van der Waals surface area (Å²) < 4.78 is 28.0. The number of aryl methyl sites for hydroxylation is 1. The molecule has 25 heavy (non-hydrogen) atoms. The molecular formula is C15H13F2N5OS2. The van der Waals surface area contributed by atoms with Crippen LogP contribution < -0.4 is 5.32 Å². The zero-order chi connectivity index (χ0) is 18.0. The van der Waals surface area contributed by atoms with Crippen LogP contribution in [-0.4, -0.2) is 30.9 Å². The molecule has 0 bridgehead atoms. The molecule has 0 aliphatic carbocycles. The average Bonchev–Trinajstić information content (AvgIpc) is 3.20. The third kappa shape index (κ3) is 4.02. The van der Waals surface area contributed by atoms with Crippen LogP contribution in [0.1, 0.15) is 6.92 Å². The third-order valence-corrected chi connectivity index (χ3v) is 5.18. The number of carbonyl (C=O) groups is 1. The maximum absolute atomic E-state index is 13.3. The van der Waals surface area contributed by atoms with Crippen molar-refractivity contribution in [3.05, 3.63) is 41.5 Å². The van der Waals surface area contributed by atoms with Crippen molar-refractivity contribution in [3.8, 4) is 11.3 Å². The standard InChI is InChI=1S/C15H13F2N5OS2/c1-8(25-15-21-18-7-22(15)2)13(23)20-14-19-12(6-24-14)9-3-4-10(16)11(17)5-9/h3-8H,1-2H3,(H,19,20,23). The zero-order valence-corrected chi connectivity index (χ0v) is 14.9. The average molecular weight is 381 g/mol. The number of rotatable bonds is 5. The van der Waals surface area contributed by atoms with Crippen LogP contribution in [-0.2, 0) is 11.8 Å². The van der Waals surface area contributed by atoms with E-state index in [9.17, 15) is 13.6 Å². The number of nitrogens with zero attached hydrogens (tertiary/aromatic N) is 4. The van der Waals surface area contributed by atoms with Crippen molar-refractivity contribution in [2.75, 3.05) is 5.32 Å². The largest absolute Gasteiger partial charge is 0.312 e. The van der Waals surface area contributed by atoms with Crippen LogP contribution in [0.15, 0.2) is 35.1 Å². The Balaban J connectivity index is 1.67. The lowest BCUT2D eigenvalue weighted by Crippen LogP contribution is -2.22. The van der Waals surface area contributed by atoms with Gasteiger partial charge in [-0.05, 0) is 25.1 Å². The number of hydrogen-bond acceptors (Lipinski definition) is 6. The molecule has 130 valence electrons. The quantitative estimate of drug-likeness (QED) is 0.687. The fourth-order valence-electron chi connectivity index (χ4n) is 1.92. The minimum Gasteiger partial charge on any atom is -0.312 e. The topological polar surface area (TPSA) is 72.7 Å². The molecular weight excluding hydrogens is 368 g/mol. The molecule has 3 rings (SSSR count). The molecule has 0 aliphatic rings. The first kappa shape index (κ1) is 17.5. The lowest BCUT2D eigenvalue weighted by atomic mass is 10.2. The highest BCUT2D eigenvalue weighted by Gasteiger charge is 2.18. The van der Waals surface area contributed by atoms with Gasteiger partial charge >= 0.3 is 0 Å². The van der Waals surface area contributed by atoms with Gasteiger partial charge in [0, 0.05) is 18.0 Å². The van der Waals surface area contributed by atoms with Gasteiger partial charge in [-0.2, -0.15) is 0 Å². The normalized spacial score (nSPS) is 12.2. The Morgan fingerprint density at radius 1 is 1.36 bits per heavy atom. The SMILES string of the molecule is CC(Sc1nncn1C)C(=O)Nc1nc(-c2ccc(F)c(F)c2)cs1. The van der Waals surface area contributed by atoms with Crippen LogP contribution in [0.4, 0.5) is 13.9 Å². The Hall–Kier alpha value is -2.33. The van der Waals surface area contributed by atoms with Crippen LogP contribution >= 0.6 is 23.1 Å². The van der Waals surface area contributed by atoms with E-state index in [1.807, 2.05) is 0 Å². The van der Waals surface area contributed by atoms with Crippen molar-refractivity contribution in [3.63, 3.8) is 0 Å². The molecule has 1 aromatic carbocycles. The summed E-state index contributed by atoms with van der Waals surface area (Å²) in [5.41, 5.74) is 0.907. The lowest BCUT2D eigenvalue weighted by Gasteiger charge is -2.09. The van der Waals surface area contributed by atoms with E-state index in [-0.39, 0.29) is 5.91 Å². The molecule has 3 aromatic rings. The van der Waals surface area contributed by atoms with Crippen molar-refractivity contribution in [1.29, 1.82) is 0 Å². The highest BCUT2D eigenvalue weighted by molar-refractivity contribution is 8.00. The van der Waals surface area contributed by atoms with E-state index in [1.54, 1.807) is 30.2 Å². The Kier molecular flexibility index (Phi) is 5.09. The maximum atomic E-state index is 13.3. The summed E-state index contributed by atoms with van der Waals surface area (Å²) in [7, 11) is 1.79. The second kappa shape index (κ2) is 7.28. The molecule has 0 aliphatic heterocycles. The van der Waals surface area contributed by atoms with Gasteiger partial charge in [-0.1, -0.05) is 11.8 Å². The highest BCUT2D eigenvalue weighted by Crippen LogP contribution is 2.27. The van der Waals surface area contributed by atoms with Crippen molar-refractivity contribution in [2.45, 2.75) is 17.3 Å². The number of benzene rings is 1. The van der Waals surface area contributed by atoms with E-state index in [0.29, 0.717) is 21.5 Å². The van der Waals surface area contributed by atoms with Gasteiger partial charge in [-0.3, -0.25) is 4.79 Å². The summed E-state index contributed by atoms with van der Waals surface area (Å²) in [4.78, 5) is 16.5. The number of amides is 1. The summed E-state index contributed by atoms with van der Waals surface area (Å²) in [5, 5.41) is 12.7. The van der Waals surface area contributed by atoms with Gasteiger partial charge in [0.25, 0.3) is 0 Å². The molecule has 0 radical (unpaired) electrons. The second-order valence-electron chi connectivity index (χ2n) is 5.14. The van der Waals surface area contributed by atoms with E-state index in [1.165, 1.54) is 29.2 Å². The van der Waals surface area contributed by atoms with Gasteiger partial charge in [0.15, 0.2) is 21.9 Å². The van der Waals surface area contributed by atoms with Gasteiger partial charge in [-0.15, -0.1) is 21.5 Å². The summed E-state index contributed by atoms with van der Waals surface area (Å²) >= 11 is 2.48. The third-order valence-electron chi connectivity index (χ3n) is 3.27. The summed E-state index contributed by atoms with van der Waals surface area (Å²) in [6.45, 7) is 1.75. The molecule has 1 unspecified atom stereocenters. The van der Waals surface area contributed by atoms with Crippen molar-refractivity contribution in [1.82, 2.24) is 19.7 Å². The van der Waals surface area contributed by atoms with Crippen LogP contribution in [0.5, 0.6) is 0 Å². The molecule has 1 amide bonds. The Labute approximate surface area is 150 Å². The predicted octanol–water partition coefficient (Wildman–Crippen LogP) is 3.34. The number of hydrogen-bond donors (Lipinski definition) is 1. The summed E-state index contributed by atoms with van der Waals surface area (Å²) in [5.74, 6) is -2.09. The van der Waals surface area contributed by atoms with Gasteiger partial charge in [0.2, 0.25) is 5.91 Å². The molecule has 1 N–H and O–H groups in total. The van der Waals surface area contributed by atoms with Gasteiger partial charge in [0.05, 0.1) is 10.9 Å². The van der Waals surface area contributed by atoms with Gasteiger partial charge < -0.3 is 9.88 Å². The first-order valence-electron chi connectivity index (χ1n) is 7.16. The highest BCUT2D eigenvalue weighted by atomic mass is 32.2. The minimum atomic E-state index is -0.940. The molecule has 0 spiro atoms. The monoisotopic (exact) mass is 381 g/mol. The number of thioether (sulfide) groups is 1. The van der Waals surface area contributed by atoms with Gasteiger partial charge in [0.1, 0.15) is 6.33 Å². The molecule has 2 heterocycles. The predicted molar refractivity (Wildman–Crippen MR) is 92.4 cm³/mol. The summed E-state index contributed by atoms with van der Waals surface area (Å²) in [6, 6.07) is 3.55. The molecule has 1 atom stereocenters. The van der Waals surface area contributed by atoms with Crippen molar-refractivity contribution in [2.24, 2.45) is 7.05 Å². The number of aromatic nitrogens is 4. The van der Waals surface area contributed by atoms with Crippen LogP contribution in [0.3, 0.4) is 0 Å². The number of halogens is 2. The first-order valence-corrected chi connectivity index (χ1v) is 8.92. The molecule has 6 nitrogen and oxygen atoms in total. The molecule has 2 aromatic heterocycles. The second-order valence-corrected chi connectivity index (χ2v) is 7.31. The van der Waals surface area contributed by atoms with Gasteiger partial charge in [-0.25, -0.2) is 13.8 Å². The van der Waals surface area contributed by atoms with E-state index in [0.717, 1.165) is 12.1 Å². The van der Waals surface area contributed by atoms with Crippen molar-refractivity contribution >= 4 is 34.1 Å². The van der Waals surface area contributed by atoms with Crippen LogP contribution in [0.25, 0.3) is 11.3 Å². The van der Waals surface area contributed by atoms with E-state index < -0.39 is 16.9 Å². The maximum Gasteiger partial charge on any atom is 0.239 e. The fraction of sp³-hybridized carbons (Fsp3) is 0.200. The first-order chi connectivity index (χ1) is 11.9. The molecule has 0 saturated heterocycles. The van der Waals surface area contributed by atoms with Crippen molar-refractivity contribution < 1.29 is 13.6 Å². The van der Waals surface area contributed by atoms with E-state index in [4.69, 9.17) is 0 Å². The van der Waals surface area contributed by atoms with Crippen LogP contribution in [0.2, 0.25) is 0 Å². The number of nitrogens with one attached hydrogen (secondary N) is 1. The summed E-state index contributed by atoms with van der Waals surface area (Å²) in [6.07, 6.45) is 1.56. The number of carbonyl (C=O) groups excluding carboxylic acids is 1. The minimum absolute atomic E-state index is 0.237. The Bertz CT molecular complexity index is 911. The van der Waals surface area contributed by atoms with E-state index >= 15 is 0 Å². The number of thiazole rings is 1. The number of anilines is 1. The fourth-order valence-corrected chi connectivity index (χ4v) is 3.43. The Morgan fingerprint density at radius 2 is 2.16 bits per heavy atom. The zero-order valence-electron chi connectivity index (χ0n) is 13.2. The molecule has 0 saturated carbocycles. The lowest BCUT2D eigenvalue weighted by molar-refractivity contribution is -0.115. The molecule has 0 fully saturated rings.